The van der Waals surface area contributed by atoms with Crippen LogP contribution in [0.4, 0.5) is 18.9 Å². The van der Waals surface area contributed by atoms with Gasteiger partial charge in [-0.25, -0.2) is 4.68 Å². The van der Waals surface area contributed by atoms with Crippen LogP contribution in [0.5, 0.6) is 0 Å². The molecule has 2 aliphatic heterocycles. The zero-order valence-electron chi connectivity index (χ0n) is 22.1. The van der Waals surface area contributed by atoms with E-state index < -0.39 is 23.8 Å². The number of benzene rings is 1. The van der Waals surface area contributed by atoms with E-state index >= 15 is 0 Å². The molecule has 0 spiro atoms. The lowest BCUT2D eigenvalue weighted by atomic mass is 9.80. The van der Waals surface area contributed by atoms with Gasteiger partial charge in [0.05, 0.1) is 28.7 Å². The van der Waals surface area contributed by atoms with Crippen LogP contribution in [0.2, 0.25) is 0 Å². The number of rotatable bonds is 4. The van der Waals surface area contributed by atoms with Crippen LogP contribution in [-0.2, 0) is 23.8 Å². The second-order valence-corrected chi connectivity index (χ2v) is 10.9. The van der Waals surface area contributed by atoms with Crippen molar-refractivity contribution in [2.45, 2.75) is 50.2 Å². The highest BCUT2D eigenvalue weighted by molar-refractivity contribution is 6.26. The minimum absolute atomic E-state index is 0.121. The van der Waals surface area contributed by atoms with Gasteiger partial charge in [-0.05, 0) is 42.5 Å². The average molecular weight is 585 g/mol. The van der Waals surface area contributed by atoms with E-state index in [1.807, 2.05) is 4.68 Å². The van der Waals surface area contributed by atoms with E-state index in [0.29, 0.717) is 31.4 Å². The molecule has 6 rings (SSSR count). The molecule has 2 amide bonds. The molecule has 0 bridgehead atoms. The smallest absolute Gasteiger partial charge is 0.398 e. The van der Waals surface area contributed by atoms with E-state index in [-0.39, 0.29) is 30.2 Å². The molecule has 1 aliphatic carbocycles. The lowest BCUT2D eigenvalue weighted by Gasteiger charge is -2.38. The molecule has 12 heteroatoms. The third kappa shape index (κ3) is 4.96. The topological polar surface area (TPSA) is 97.3 Å². The maximum Gasteiger partial charge on any atom is 0.433 e. The molecule has 8 nitrogen and oxygen atoms in total. The standard InChI is InChI=1S/C29H28ClF3N6O2/c30-11-8-26(40)37-12-9-22-27-23(39(36-22)19-6-4-18(5-7-19)17-2-1-3-17)10-13-38(24(27)16-37)28(41)20-15-35-25(14-21(20)34)29(31,32)33/h4-8,11,14-15,17,24H,1-3,9-10,12-13,16H2,(H2,34,35)/b11-8-. The largest absolute Gasteiger partial charge is 0.433 e. The Balaban J connectivity index is 1.38. The monoisotopic (exact) mass is 584 g/mol. The third-order valence-electron chi connectivity index (χ3n) is 8.36. The summed E-state index contributed by atoms with van der Waals surface area (Å²) >= 11 is 5.68. The quantitative estimate of drug-likeness (QED) is 0.435. The summed E-state index contributed by atoms with van der Waals surface area (Å²) < 4.78 is 41.4. The molecule has 1 fully saturated rings. The summed E-state index contributed by atoms with van der Waals surface area (Å²) in [6, 6.07) is 8.52. The van der Waals surface area contributed by atoms with Crippen molar-refractivity contribution in [1.82, 2.24) is 24.6 Å². The fraction of sp³-hybridized carbons (Fsp3) is 0.379. The Labute approximate surface area is 239 Å². The summed E-state index contributed by atoms with van der Waals surface area (Å²) in [5.41, 5.74) is 10.3. The molecule has 2 aromatic heterocycles. The van der Waals surface area contributed by atoms with Gasteiger partial charge in [-0.15, -0.1) is 0 Å². The third-order valence-corrected chi connectivity index (χ3v) is 8.48. The number of hydrogen-bond acceptors (Lipinski definition) is 5. The number of nitrogens with two attached hydrogens (primary N) is 1. The Morgan fingerprint density at radius 3 is 2.49 bits per heavy atom. The second kappa shape index (κ2) is 10.5. The molecule has 1 aromatic carbocycles. The SMILES string of the molecule is Nc1cc(C(F)(F)F)ncc1C(=O)N1CCc2c3c(nn2-c2ccc(C4CCC4)cc2)CCN(C(=O)/C=C\Cl)CC31. The molecule has 214 valence electrons. The number of carbonyl (C=O) groups excluding carboxylic acids is 2. The van der Waals surface area contributed by atoms with Gasteiger partial charge < -0.3 is 15.5 Å². The Kier molecular flexibility index (Phi) is 7.01. The summed E-state index contributed by atoms with van der Waals surface area (Å²) in [6.45, 7) is 0.800. The Morgan fingerprint density at radius 1 is 1.10 bits per heavy atom. The molecule has 2 N–H and O–H groups in total. The van der Waals surface area contributed by atoms with Gasteiger partial charge in [0.15, 0.2) is 0 Å². The number of pyridine rings is 1. The van der Waals surface area contributed by atoms with Gasteiger partial charge in [-0.2, -0.15) is 18.3 Å². The number of amides is 2. The molecular formula is C29H28ClF3N6O2. The average Bonchev–Trinajstić information content (AvgIpc) is 3.17. The fourth-order valence-electron chi connectivity index (χ4n) is 6.00. The van der Waals surface area contributed by atoms with Crippen molar-refractivity contribution in [3.05, 3.63) is 81.9 Å². The molecule has 4 heterocycles. The van der Waals surface area contributed by atoms with Crippen LogP contribution in [0.3, 0.4) is 0 Å². The van der Waals surface area contributed by atoms with Crippen molar-refractivity contribution >= 4 is 29.1 Å². The first kappa shape index (κ1) is 27.3. The number of anilines is 1. The van der Waals surface area contributed by atoms with Gasteiger partial charge in [0.25, 0.3) is 5.91 Å². The van der Waals surface area contributed by atoms with Crippen LogP contribution in [0.15, 0.2) is 48.1 Å². The van der Waals surface area contributed by atoms with Crippen molar-refractivity contribution in [3.63, 3.8) is 0 Å². The minimum atomic E-state index is -4.69. The van der Waals surface area contributed by atoms with Gasteiger partial charge in [0.2, 0.25) is 5.91 Å². The van der Waals surface area contributed by atoms with Gasteiger partial charge in [0.1, 0.15) is 5.69 Å². The van der Waals surface area contributed by atoms with Crippen molar-refractivity contribution in [2.75, 3.05) is 25.4 Å². The fourth-order valence-corrected chi connectivity index (χ4v) is 6.11. The van der Waals surface area contributed by atoms with Crippen LogP contribution >= 0.6 is 11.6 Å². The highest BCUT2D eigenvalue weighted by atomic mass is 35.5. The normalized spacial score (nSPS) is 19.2. The zero-order chi connectivity index (χ0) is 28.9. The van der Waals surface area contributed by atoms with Crippen LogP contribution in [0.1, 0.15) is 69.8 Å². The number of aromatic nitrogens is 3. The van der Waals surface area contributed by atoms with E-state index in [1.54, 1.807) is 9.80 Å². The van der Waals surface area contributed by atoms with Crippen molar-refractivity contribution in [3.8, 4) is 5.69 Å². The molecule has 0 radical (unpaired) electrons. The predicted molar refractivity (Wildman–Crippen MR) is 147 cm³/mol. The van der Waals surface area contributed by atoms with Crippen molar-refractivity contribution in [1.29, 1.82) is 0 Å². The van der Waals surface area contributed by atoms with Gasteiger partial charge in [-0.3, -0.25) is 14.6 Å². The number of nitrogens with zero attached hydrogens (tertiary/aromatic N) is 5. The first-order valence-electron chi connectivity index (χ1n) is 13.6. The van der Waals surface area contributed by atoms with Gasteiger partial charge in [-0.1, -0.05) is 30.2 Å². The Hall–Kier alpha value is -3.86. The van der Waals surface area contributed by atoms with Crippen molar-refractivity contribution < 1.29 is 22.8 Å². The summed E-state index contributed by atoms with van der Waals surface area (Å²) in [7, 11) is 0. The Bertz CT molecular complexity index is 1530. The summed E-state index contributed by atoms with van der Waals surface area (Å²) in [5.74, 6) is -0.247. The molecular weight excluding hydrogens is 557 g/mol. The van der Waals surface area contributed by atoms with E-state index in [9.17, 15) is 22.8 Å². The molecule has 3 aromatic rings. The number of carbonyl (C=O) groups is 2. The maximum absolute atomic E-state index is 13.8. The zero-order valence-corrected chi connectivity index (χ0v) is 22.8. The number of hydrogen-bond donors (Lipinski definition) is 1. The molecule has 0 saturated heterocycles. The predicted octanol–water partition coefficient (Wildman–Crippen LogP) is 5.01. The van der Waals surface area contributed by atoms with E-state index in [1.165, 1.54) is 30.9 Å². The van der Waals surface area contributed by atoms with Gasteiger partial charge in [0, 0.05) is 61.5 Å². The van der Waals surface area contributed by atoms with Crippen LogP contribution < -0.4 is 5.73 Å². The van der Waals surface area contributed by atoms with Crippen LogP contribution in [0.25, 0.3) is 5.69 Å². The molecule has 1 unspecified atom stereocenters. The number of nitrogen functional groups attached to an aromatic ring is 1. The molecule has 1 atom stereocenters. The van der Waals surface area contributed by atoms with Crippen molar-refractivity contribution in [2.24, 2.45) is 0 Å². The summed E-state index contributed by atoms with van der Waals surface area (Å²) in [6.07, 6.45) is 2.06. The Morgan fingerprint density at radius 2 is 1.85 bits per heavy atom. The van der Waals surface area contributed by atoms with Gasteiger partial charge >= 0.3 is 6.18 Å². The highest BCUT2D eigenvalue weighted by Crippen LogP contribution is 2.40. The van der Waals surface area contributed by atoms with E-state index in [2.05, 4.69) is 29.2 Å². The summed E-state index contributed by atoms with van der Waals surface area (Å²) in [5, 5.41) is 4.95. The minimum Gasteiger partial charge on any atom is -0.398 e. The molecule has 41 heavy (non-hydrogen) atoms. The first-order valence-corrected chi connectivity index (χ1v) is 14.0. The first-order chi connectivity index (χ1) is 19.7. The highest BCUT2D eigenvalue weighted by Gasteiger charge is 2.41. The molecule has 3 aliphatic rings. The van der Waals surface area contributed by atoms with Crippen LogP contribution in [-0.4, -0.2) is 56.0 Å². The van der Waals surface area contributed by atoms with E-state index in [0.717, 1.165) is 34.4 Å². The molecule has 1 saturated carbocycles. The lowest BCUT2D eigenvalue weighted by molar-refractivity contribution is -0.141. The lowest BCUT2D eigenvalue weighted by Crippen LogP contribution is -2.46. The number of halogens is 4. The van der Waals surface area contributed by atoms with E-state index in [4.69, 9.17) is 22.4 Å². The number of alkyl halides is 3. The van der Waals surface area contributed by atoms with Crippen LogP contribution in [0, 0.1) is 0 Å². The second-order valence-electron chi connectivity index (χ2n) is 10.7. The summed E-state index contributed by atoms with van der Waals surface area (Å²) in [4.78, 5) is 33.2. The maximum atomic E-state index is 13.8.